The standard InChI is InChI=1S/C39H55FN4O6S/c1-48-37(45)41-36-9-4-8-35(36)39(28-42-18-5-19-42,30-6-3-7-31(40)24-30)29-14-20-43(21-15-29)25-38(49-2)26-44(27-38)32-10-12-33(13-11-32)51(46,47)34-16-22-50-23-17-34/h3,6-7,10-13,24,29,34-36H,4-5,8-9,14-23,25-28H2,1-2H3,(H,41,45)/t35-,36-,39-/m0/s1. The van der Waals surface area contributed by atoms with Crippen molar-refractivity contribution in [3.8, 4) is 0 Å². The highest BCUT2D eigenvalue weighted by molar-refractivity contribution is 7.92. The highest BCUT2D eigenvalue weighted by atomic mass is 32.2. The Morgan fingerprint density at radius 1 is 0.941 bits per heavy atom. The lowest BCUT2D eigenvalue weighted by atomic mass is 9.57. The number of amides is 1. The van der Waals surface area contributed by atoms with Crippen LogP contribution in [0.5, 0.6) is 0 Å². The number of rotatable bonds is 12. The van der Waals surface area contributed by atoms with Gasteiger partial charge in [-0.2, -0.15) is 0 Å². The van der Waals surface area contributed by atoms with E-state index in [0.717, 1.165) is 95.7 Å². The minimum absolute atomic E-state index is 0.0197. The molecule has 1 aliphatic carbocycles. The number of methoxy groups -OCH3 is 2. The molecule has 51 heavy (non-hydrogen) atoms. The molecule has 5 aliphatic rings. The van der Waals surface area contributed by atoms with E-state index in [2.05, 4.69) is 26.1 Å². The molecule has 1 saturated carbocycles. The molecule has 12 heteroatoms. The number of benzene rings is 2. The average molecular weight is 727 g/mol. The lowest BCUT2D eigenvalue weighted by Crippen LogP contribution is -2.68. The van der Waals surface area contributed by atoms with Gasteiger partial charge in [0.05, 0.1) is 30.3 Å². The van der Waals surface area contributed by atoms with Crippen molar-refractivity contribution in [1.29, 1.82) is 0 Å². The van der Waals surface area contributed by atoms with Crippen LogP contribution in [0.15, 0.2) is 53.4 Å². The first-order chi connectivity index (χ1) is 24.7. The van der Waals surface area contributed by atoms with Gasteiger partial charge in [0.15, 0.2) is 9.84 Å². The van der Waals surface area contributed by atoms with Crippen LogP contribution in [0.4, 0.5) is 14.9 Å². The Bertz CT molecular complexity index is 1600. The van der Waals surface area contributed by atoms with Gasteiger partial charge < -0.3 is 34.2 Å². The first-order valence-electron chi connectivity index (χ1n) is 18.9. The minimum atomic E-state index is -3.37. The normalized spacial score (nSPS) is 26.2. The fourth-order valence-electron chi connectivity index (χ4n) is 9.90. The number of carbonyl (C=O) groups excluding carboxylic acids is 1. The highest BCUT2D eigenvalue weighted by Gasteiger charge is 2.54. The van der Waals surface area contributed by atoms with E-state index in [9.17, 15) is 13.2 Å². The molecule has 0 unspecified atom stereocenters. The molecule has 7 rings (SSSR count). The third-order valence-electron chi connectivity index (χ3n) is 12.8. The molecule has 2 aromatic rings. The van der Waals surface area contributed by atoms with E-state index in [-0.39, 0.29) is 34.0 Å². The Hall–Kier alpha value is -2.77. The van der Waals surface area contributed by atoms with E-state index >= 15 is 4.39 Å². The van der Waals surface area contributed by atoms with Gasteiger partial charge in [-0.05, 0) is 125 Å². The molecule has 3 atom stereocenters. The summed E-state index contributed by atoms with van der Waals surface area (Å²) in [6.45, 7) is 8.11. The van der Waals surface area contributed by atoms with E-state index < -0.39 is 15.9 Å². The lowest BCUT2D eigenvalue weighted by molar-refractivity contribution is -0.0657. The van der Waals surface area contributed by atoms with Crippen molar-refractivity contribution in [2.45, 2.75) is 78.6 Å². The summed E-state index contributed by atoms with van der Waals surface area (Å²) in [5.74, 6) is 0.299. The maximum absolute atomic E-state index is 15.0. The summed E-state index contributed by atoms with van der Waals surface area (Å²) in [7, 11) is -0.158. The quantitative estimate of drug-likeness (QED) is 0.329. The van der Waals surface area contributed by atoms with Gasteiger partial charge in [0.1, 0.15) is 11.4 Å². The second kappa shape index (κ2) is 15.3. The van der Waals surface area contributed by atoms with E-state index in [0.29, 0.717) is 36.9 Å². The van der Waals surface area contributed by atoms with Crippen LogP contribution in [0.25, 0.3) is 0 Å². The van der Waals surface area contributed by atoms with Crippen molar-refractivity contribution >= 4 is 21.6 Å². The summed E-state index contributed by atoms with van der Waals surface area (Å²) in [5, 5.41) is 2.81. The highest BCUT2D eigenvalue weighted by Crippen LogP contribution is 2.51. The Kier molecular flexibility index (Phi) is 11.0. The number of nitrogens with one attached hydrogen (secondary N) is 1. The Morgan fingerprint density at radius 2 is 1.67 bits per heavy atom. The van der Waals surface area contributed by atoms with Crippen molar-refractivity contribution in [2.24, 2.45) is 11.8 Å². The fraction of sp³-hybridized carbons (Fsp3) is 0.667. The van der Waals surface area contributed by atoms with Crippen LogP contribution in [-0.2, 0) is 29.5 Å². The molecule has 4 saturated heterocycles. The Morgan fingerprint density at radius 3 is 2.29 bits per heavy atom. The molecule has 1 amide bonds. The number of halogens is 1. The SMILES string of the molecule is COC(=O)N[C@H]1CCC[C@@H]1[C@](CN1CCC1)(c1cccc(F)c1)C1CCN(CC2(OC)CN(c3ccc(S(=O)(=O)C4CCOCC4)cc3)C2)CC1. The molecule has 4 heterocycles. The smallest absolute Gasteiger partial charge is 0.407 e. The van der Waals surface area contributed by atoms with Gasteiger partial charge >= 0.3 is 6.09 Å². The number of piperidine rings is 1. The average Bonchev–Trinajstić information content (AvgIpc) is 3.58. The molecule has 5 fully saturated rings. The van der Waals surface area contributed by atoms with Crippen LogP contribution in [0.2, 0.25) is 0 Å². The molecule has 0 bridgehead atoms. The van der Waals surface area contributed by atoms with Crippen molar-refractivity contribution in [3.63, 3.8) is 0 Å². The second-order valence-corrected chi connectivity index (χ2v) is 17.8. The maximum atomic E-state index is 15.0. The van der Waals surface area contributed by atoms with E-state index in [1.165, 1.54) is 19.6 Å². The monoisotopic (exact) mass is 726 g/mol. The number of nitrogens with zero attached hydrogens (tertiary/aromatic N) is 3. The van der Waals surface area contributed by atoms with Gasteiger partial charge in [-0.15, -0.1) is 0 Å². The molecule has 1 N–H and O–H groups in total. The number of sulfone groups is 1. The van der Waals surface area contributed by atoms with Gasteiger partial charge in [-0.1, -0.05) is 18.6 Å². The van der Waals surface area contributed by atoms with Crippen molar-refractivity contribution in [2.75, 3.05) is 84.7 Å². The zero-order valence-electron chi connectivity index (χ0n) is 30.2. The lowest BCUT2D eigenvalue weighted by Gasteiger charge is -2.55. The predicted molar refractivity (Wildman–Crippen MR) is 194 cm³/mol. The van der Waals surface area contributed by atoms with E-state index in [1.54, 1.807) is 25.3 Å². The number of likely N-dealkylation sites (tertiary alicyclic amines) is 2. The molecular weight excluding hydrogens is 672 g/mol. The number of carbonyl (C=O) groups is 1. The molecular formula is C39H55FN4O6S. The van der Waals surface area contributed by atoms with Gasteiger partial charge in [-0.25, -0.2) is 17.6 Å². The van der Waals surface area contributed by atoms with Crippen LogP contribution in [0.1, 0.15) is 56.9 Å². The molecule has 2 aromatic carbocycles. The van der Waals surface area contributed by atoms with Crippen LogP contribution in [0, 0.1) is 17.7 Å². The summed E-state index contributed by atoms with van der Waals surface area (Å²) in [5.41, 5.74) is 1.46. The van der Waals surface area contributed by atoms with Gasteiger partial charge in [0.2, 0.25) is 0 Å². The summed E-state index contributed by atoms with van der Waals surface area (Å²) < 4.78 is 58.0. The van der Waals surface area contributed by atoms with Crippen LogP contribution >= 0.6 is 0 Å². The number of ether oxygens (including phenoxy) is 3. The van der Waals surface area contributed by atoms with Crippen molar-refractivity contribution < 1.29 is 31.8 Å². The Labute approximate surface area is 302 Å². The third-order valence-corrected chi connectivity index (χ3v) is 15.1. The summed E-state index contributed by atoms with van der Waals surface area (Å²) >= 11 is 0. The molecule has 10 nitrogen and oxygen atoms in total. The number of anilines is 1. The minimum Gasteiger partial charge on any atom is -0.453 e. The van der Waals surface area contributed by atoms with Crippen LogP contribution in [0.3, 0.4) is 0 Å². The number of hydrogen-bond donors (Lipinski definition) is 1. The zero-order chi connectivity index (χ0) is 35.6. The van der Waals surface area contributed by atoms with E-state index in [1.807, 2.05) is 18.2 Å². The second-order valence-electron chi connectivity index (χ2n) is 15.6. The fourth-order valence-corrected chi connectivity index (χ4v) is 11.6. The van der Waals surface area contributed by atoms with Gasteiger partial charge in [-0.3, -0.25) is 0 Å². The van der Waals surface area contributed by atoms with Crippen molar-refractivity contribution in [1.82, 2.24) is 15.1 Å². The van der Waals surface area contributed by atoms with Crippen molar-refractivity contribution in [3.05, 3.63) is 59.9 Å². The topological polar surface area (TPSA) is 101 Å². The maximum Gasteiger partial charge on any atom is 0.407 e. The summed E-state index contributed by atoms with van der Waals surface area (Å²) in [6.07, 6.45) is 6.76. The molecule has 4 aliphatic heterocycles. The molecule has 0 aromatic heterocycles. The van der Waals surface area contributed by atoms with Crippen LogP contribution in [-0.4, -0.2) is 121 Å². The largest absolute Gasteiger partial charge is 0.453 e. The number of alkyl carbamates (subject to hydrolysis) is 1. The van der Waals surface area contributed by atoms with Crippen LogP contribution < -0.4 is 10.2 Å². The summed E-state index contributed by atoms with van der Waals surface area (Å²) in [6, 6.07) is 14.6. The number of hydrogen-bond acceptors (Lipinski definition) is 9. The molecule has 0 radical (unpaired) electrons. The summed E-state index contributed by atoms with van der Waals surface area (Å²) in [4.78, 5) is 20.2. The van der Waals surface area contributed by atoms with Gasteiger partial charge in [0.25, 0.3) is 0 Å². The van der Waals surface area contributed by atoms with Gasteiger partial charge in [0, 0.05) is 50.6 Å². The Balaban J connectivity index is 1.04. The first kappa shape index (κ1) is 36.6. The van der Waals surface area contributed by atoms with E-state index in [4.69, 9.17) is 14.2 Å². The third kappa shape index (κ3) is 7.40. The molecule has 0 spiro atoms. The zero-order valence-corrected chi connectivity index (χ0v) is 31.0. The first-order valence-corrected chi connectivity index (χ1v) is 20.5. The predicted octanol–water partition coefficient (Wildman–Crippen LogP) is 4.86. The molecule has 280 valence electrons.